The molecule has 3 aliphatic carbocycles. The number of imide groups is 1. The van der Waals surface area contributed by atoms with E-state index >= 15 is 0 Å². The van der Waals surface area contributed by atoms with Gasteiger partial charge in [-0.1, -0.05) is 37.1 Å². The van der Waals surface area contributed by atoms with Gasteiger partial charge in [0.1, 0.15) is 12.4 Å². The van der Waals surface area contributed by atoms with Crippen LogP contribution in [0.1, 0.15) is 43.7 Å². The van der Waals surface area contributed by atoms with Gasteiger partial charge in [0.25, 0.3) is 0 Å². The van der Waals surface area contributed by atoms with Crippen molar-refractivity contribution in [2.45, 2.75) is 38.1 Å². The van der Waals surface area contributed by atoms with E-state index in [1.54, 1.807) is 12.1 Å². The first-order valence-electron chi connectivity index (χ1n) is 10.6. The number of allylic oxidation sites excluding steroid dienone is 2. The first-order valence-corrected chi connectivity index (χ1v) is 10.6. The van der Waals surface area contributed by atoms with Crippen LogP contribution in [-0.4, -0.2) is 29.2 Å². The molecule has 2 bridgehead atoms. The molecule has 2 saturated carbocycles. The van der Waals surface area contributed by atoms with Gasteiger partial charge >= 0.3 is 0 Å². The highest BCUT2D eigenvalue weighted by molar-refractivity contribution is 6.08. The highest BCUT2D eigenvalue weighted by Gasteiger charge is 2.59. The lowest BCUT2D eigenvalue weighted by Crippen LogP contribution is -2.43. The number of halogens is 1. The summed E-state index contributed by atoms with van der Waals surface area (Å²) in [6.45, 7) is -0.228. The van der Waals surface area contributed by atoms with Gasteiger partial charge in [-0.05, 0) is 54.7 Å². The second-order valence-corrected chi connectivity index (χ2v) is 8.90. The van der Waals surface area contributed by atoms with Crippen molar-refractivity contribution in [3.8, 4) is 0 Å². The summed E-state index contributed by atoms with van der Waals surface area (Å²) in [4.78, 5) is 39.7. The average Bonchev–Trinajstić information content (AvgIpc) is 3.49. The molecule has 1 aromatic carbocycles. The summed E-state index contributed by atoms with van der Waals surface area (Å²) >= 11 is 0. The van der Waals surface area contributed by atoms with E-state index in [4.69, 9.17) is 0 Å². The third-order valence-electron chi connectivity index (χ3n) is 7.28. The van der Waals surface area contributed by atoms with Gasteiger partial charge in [0.05, 0.1) is 17.9 Å². The number of carbonyl (C=O) groups is 3. The number of fused-ring (bicyclic) bond motifs is 5. The van der Waals surface area contributed by atoms with Crippen molar-refractivity contribution in [3.05, 3.63) is 47.8 Å². The van der Waals surface area contributed by atoms with E-state index in [9.17, 15) is 18.8 Å². The van der Waals surface area contributed by atoms with E-state index < -0.39 is 0 Å². The molecule has 6 heteroatoms. The number of benzene rings is 1. The van der Waals surface area contributed by atoms with Crippen LogP contribution in [0, 0.1) is 35.4 Å². The maximum absolute atomic E-state index is 13.4. The lowest BCUT2D eigenvalue weighted by molar-refractivity contribution is -0.144. The summed E-state index contributed by atoms with van der Waals surface area (Å²) in [6.07, 6.45) is 9.20. The third-order valence-corrected chi connectivity index (χ3v) is 7.28. The van der Waals surface area contributed by atoms with Crippen molar-refractivity contribution in [2.75, 3.05) is 6.54 Å². The second kappa shape index (κ2) is 7.08. The zero-order valence-corrected chi connectivity index (χ0v) is 16.2. The van der Waals surface area contributed by atoms with E-state index in [2.05, 4.69) is 5.32 Å². The van der Waals surface area contributed by atoms with Crippen molar-refractivity contribution in [2.24, 2.45) is 29.6 Å². The molecule has 0 aromatic heterocycles. The summed E-state index contributed by atoms with van der Waals surface area (Å²) in [5, 5.41) is 3.04. The Morgan fingerprint density at radius 1 is 1.03 bits per heavy atom. The van der Waals surface area contributed by atoms with Crippen LogP contribution in [0.3, 0.4) is 0 Å². The Kier molecular flexibility index (Phi) is 4.52. The fourth-order valence-electron chi connectivity index (χ4n) is 5.92. The molecule has 4 aliphatic rings. The number of likely N-dealkylation sites (tertiary alicyclic amines) is 1. The number of rotatable bonds is 5. The first-order chi connectivity index (χ1) is 14.0. The molecule has 1 N–H and O–H groups in total. The van der Waals surface area contributed by atoms with Crippen LogP contribution in [0.15, 0.2) is 36.4 Å². The smallest absolute Gasteiger partial charge is 0.240 e. The molecule has 29 heavy (non-hydrogen) atoms. The maximum Gasteiger partial charge on any atom is 0.240 e. The standard InChI is InChI=1S/C23H25FN2O3/c24-17-9-7-14(8-10-17)21(13-3-1-2-4-13)25-18(27)12-26-22(28)19-15-5-6-16(11-15)20(19)23(26)29/h5-10,13,15-16,19-21H,1-4,11-12H2,(H,25,27)/t15-,16-,19+,20+,21-/m0/s1. The summed E-state index contributed by atoms with van der Waals surface area (Å²) in [5.41, 5.74) is 0.866. The number of hydrogen-bond donors (Lipinski definition) is 1. The van der Waals surface area contributed by atoms with Gasteiger partial charge in [0.15, 0.2) is 0 Å². The van der Waals surface area contributed by atoms with E-state index in [1.807, 2.05) is 12.2 Å². The van der Waals surface area contributed by atoms with Gasteiger partial charge in [0.2, 0.25) is 17.7 Å². The van der Waals surface area contributed by atoms with Gasteiger partial charge in [-0.15, -0.1) is 0 Å². The summed E-state index contributed by atoms with van der Waals surface area (Å²) in [7, 11) is 0. The average molecular weight is 396 g/mol. The Bertz CT molecular complexity index is 845. The van der Waals surface area contributed by atoms with Crippen molar-refractivity contribution in [1.82, 2.24) is 10.2 Å². The number of amides is 3. The third kappa shape index (κ3) is 3.09. The molecule has 152 valence electrons. The van der Waals surface area contributed by atoms with Crippen LogP contribution in [0.2, 0.25) is 0 Å². The Morgan fingerprint density at radius 3 is 2.21 bits per heavy atom. The molecule has 1 aromatic rings. The SMILES string of the molecule is O=C(CN1C(=O)[C@H]2[C@H](C1=O)[C@H]1C=C[C@H]2C1)N[C@H](c1ccc(F)cc1)C1CCCC1. The molecule has 0 unspecified atom stereocenters. The minimum atomic E-state index is -0.326. The number of nitrogens with zero attached hydrogens (tertiary/aromatic N) is 1. The van der Waals surface area contributed by atoms with Crippen LogP contribution in [0.25, 0.3) is 0 Å². The van der Waals surface area contributed by atoms with Crippen molar-refractivity contribution >= 4 is 17.7 Å². The van der Waals surface area contributed by atoms with Crippen molar-refractivity contribution < 1.29 is 18.8 Å². The summed E-state index contributed by atoms with van der Waals surface area (Å²) in [6, 6.07) is 5.99. The zero-order chi connectivity index (χ0) is 20.1. The lowest BCUT2D eigenvalue weighted by Gasteiger charge is -2.26. The molecule has 1 saturated heterocycles. The fourth-order valence-corrected chi connectivity index (χ4v) is 5.92. The predicted octanol–water partition coefficient (Wildman–Crippen LogP) is 2.98. The molecular formula is C23H25FN2O3. The first kappa shape index (κ1) is 18.5. The number of hydrogen-bond acceptors (Lipinski definition) is 3. The maximum atomic E-state index is 13.4. The van der Waals surface area contributed by atoms with Crippen molar-refractivity contribution in [1.29, 1.82) is 0 Å². The predicted molar refractivity (Wildman–Crippen MR) is 104 cm³/mol. The van der Waals surface area contributed by atoms with Crippen LogP contribution >= 0.6 is 0 Å². The van der Waals surface area contributed by atoms with Gasteiger partial charge < -0.3 is 5.32 Å². The molecular weight excluding hydrogens is 371 g/mol. The van der Waals surface area contributed by atoms with Crippen LogP contribution < -0.4 is 5.32 Å². The Labute approximate surface area is 169 Å². The minimum absolute atomic E-state index is 0.139. The Morgan fingerprint density at radius 2 is 1.62 bits per heavy atom. The molecule has 1 heterocycles. The molecule has 1 aliphatic heterocycles. The fraction of sp³-hybridized carbons (Fsp3) is 0.522. The van der Waals surface area contributed by atoms with E-state index in [0.717, 1.165) is 42.6 Å². The molecule has 5 rings (SSSR count). The highest BCUT2D eigenvalue weighted by atomic mass is 19.1. The molecule has 0 radical (unpaired) electrons. The van der Waals surface area contributed by atoms with E-state index in [1.165, 1.54) is 12.1 Å². The highest BCUT2D eigenvalue weighted by Crippen LogP contribution is 2.52. The topological polar surface area (TPSA) is 66.5 Å². The van der Waals surface area contributed by atoms with Crippen LogP contribution in [0.5, 0.6) is 0 Å². The molecule has 5 atom stereocenters. The van der Waals surface area contributed by atoms with Gasteiger partial charge in [-0.2, -0.15) is 0 Å². The number of nitrogens with one attached hydrogen (secondary N) is 1. The van der Waals surface area contributed by atoms with Gasteiger partial charge in [-0.3, -0.25) is 19.3 Å². The lowest BCUT2D eigenvalue weighted by atomic mass is 9.85. The summed E-state index contributed by atoms with van der Waals surface area (Å²) in [5.74, 6) is -1.05. The Balaban J connectivity index is 1.30. The minimum Gasteiger partial charge on any atom is -0.347 e. The monoisotopic (exact) mass is 396 g/mol. The Hall–Kier alpha value is -2.50. The van der Waals surface area contributed by atoms with Gasteiger partial charge in [-0.25, -0.2) is 4.39 Å². The number of carbonyl (C=O) groups excluding carboxylic acids is 3. The molecule has 3 amide bonds. The van der Waals surface area contributed by atoms with Crippen LogP contribution in [-0.2, 0) is 14.4 Å². The molecule has 0 spiro atoms. The van der Waals surface area contributed by atoms with Crippen molar-refractivity contribution in [3.63, 3.8) is 0 Å². The zero-order valence-electron chi connectivity index (χ0n) is 16.2. The van der Waals surface area contributed by atoms with E-state index in [-0.39, 0.29) is 65.7 Å². The normalized spacial score (nSPS) is 31.6. The second-order valence-electron chi connectivity index (χ2n) is 8.90. The molecule has 5 nitrogen and oxygen atoms in total. The quantitative estimate of drug-likeness (QED) is 0.615. The summed E-state index contributed by atoms with van der Waals surface area (Å²) < 4.78 is 13.4. The van der Waals surface area contributed by atoms with Gasteiger partial charge in [0, 0.05) is 0 Å². The largest absolute Gasteiger partial charge is 0.347 e. The van der Waals surface area contributed by atoms with Crippen LogP contribution in [0.4, 0.5) is 4.39 Å². The van der Waals surface area contributed by atoms with E-state index in [0.29, 0.717) is 0 Å². The molecule has 3 fully saturated rings.